The van der Waals surface area contributed by atoms with E-state index in [0.717, 1.165) is 37.5 Å². The number of methoxy groups -OCH3 is 1. The van der Waals surface area contributed by atoms with Crippen molar-refractivity contribution in [3.05, 3.63) is 23.8 Å². The van der Waals surface area contributed by atoms with Gasteiger partial charge in [-0.05, 0) is 68.4 Å². The van der Waals surface area contributed by atoms with Crippen LogP contribution in [0.25, 0.3) is 0 Å². The molecular weight excluding hydrogens is 374 g/mol. The molecule has 2 aliphatic rings. The van der Waals surface area contributed by atoms with Crippen molar-refractivity contribution in [2.45, 2.75) is 77.6 Å². The van der Waals surface area contributed by atoms with Crippen LogP contribution in [-0.4, -0.2) is 13.1 Å². The van der Waals surface area contributed by atoms with Crippen LogP contribution in [-0.2, 0) is 4.79 Å². The molecule has 0 unspecified atom stereocenters. The summed E-state index contributed by atoms with van der Waals surface area (Å²) in [4.78, 5) is 12.5. The second-order valence-corrected chi connectivity index (χ2v) is 8.85. The molecular formula is C24H34F2O3. The Morgan fingerprint density at radius 3 is 2.07 bits per heavy atom. The van der Waals surface area contributed by atoms with Crippen LogP contribution < -0.4 is 9.47 Å². The smallest absolute Gasteiger partial charge is 0.314 e. The summed E-state index contributed by atoms with van der Waals surface area (Å²) in [6.07, 6.45) is 13.0. The maximum absolute atomic E-state index is 14.1. The molecule has 0 aromatic heterocycles. The van der Waals surface area contributed by atoms with Crippen LogP contribution in [0.5, 0.6) is 11.5 Å². The summed E-state index contributed by atoms with van der Waals surface area (Å²) >= 11 is 0. The van der Waals surface area contributed by atoms with Crippen LogP contribution >= 0.6 is 0 Å². The van der Waals surface area contributed by atoms with Crippen LogP contribution in [0.4, 0.5) is 8.78 Å². The summed E-state index contributed by atoms with van der Waals surface area (Å²) in [6.45, 7) is 2.26. The van der Waals surface area contributed by atoms with E-state index >= 15 is 0 Å². The molecule has 0 saturated heterocycles. The van der Waals surface area contributed by atoms with Gasteiger partial charge in [0.2, 0.25) is 11.6 Å². The Kier molecular flexibility index (Phi) is 7.91. The number of hydrogen-bond acceptors (Lipinski definition) is 3. The largest absolute Gasteiger partial charge is 0.494 e. The molecule has 162 valence electrons. The highest BCUT2D eigenvalue weighted by Crippen LogP contribution is 2.42. The molecule has 3 rings (SSSR count). The highest BCUT2D eigenvalue weighted by molar-refractivity contribution is 5.75. The Balaban J connectivity index is 1.46. The number of carbonyl (C=O) groups is 1. The minimum absolute atomic E-state index is 0.202. The summed E-state index contributed by atoms with van der Waals surface area (Å²) in [6, 6.07) is 2.52. The highest BCUT2D eigenvalue weighted by atomic mass is 19.2. The van der Waals surface area contributed by atoms with Crippen molar-refractivity contribution in [3.8, 4) is 11.5 Å². The molecule has 29 heavy (non-hydrogen) atoms. The first-order chi connectivity index (χ1) is 14.0. The number of benzene rings is 1. The molecule has 3 nitrogen and oxygen atoms in total. The number of halogens is 2. The maximum Gasteiger partial charge on any atom is 0.314 e. The Morgan fingerprint density at radius 1 is 0.931 bits per heavy atom. The lowest BCUT2D eigenvalue weighted by Crippen LogP contribution is -2.30. The molecule has 2 fully saturated rings. The third-order valence-electron chi connectivity index (χ3n) is 7.07. The third kappa shape index (κ3) is 5.49. The number of unbranched alkanes of at least 4 members (excludes halogenated alkanes) is 1. The van der Waals surface area contributed by atoms with Gasteiger partial charge in [-0.25, -0.2) is 0 Å². The molecule has 0 amide bonds. The van der Waals surface area contributed by atoms with Crippen molar-refractivity contribution in [1.82, 2.24) is 0 Å². The Labute approximate surface area is 173 Å². The zero-order valence-corrected chi connectivity index (χ0v) is 17.7. The molecule has 1 aromatic rings. The van der Waals surface area contributed by atoms with Crippen molar-refractivity contribution in [2.24, 2.45) is 23.7 Å². The van der Waals surface area contributed by atoms with Gasteiger partial charge in [0.05, 0.1) is 13.0 Å². The molecule has 2 saturated carbocycles. The Bertz CT molecular complexity index is 675. The average molecular weight is 409 g/mol. The zero-order valence-electron chi connectivity index (χ0n) is 17.7. The first kappa shape index (κ1) is 22.0. The van der Waals surface area contributed by atoms with Gasteiger partial charge in [0.25, 0.3) is 0 Å². The summed E-state index contributed by atoms with van der Waals surface area (Å²) in [5.41, 5.74) is 0. The molecule has 0 atom stereocenters. The molecule has 2 aliphatic carbocycles. The third-order valence-corrected chi connectivity index (χ3v) is 7.07. The second kappa shape index (κ2) is 10.4. The van der Waals surface area contributed by atoms with Crippen molar-refractivity contribution in [1.29, 1.82) is 0 Å². The zero-order chi connectivity index (χ0) is 20.8. The van der Waals surface area contributed by atoms with Gasteiger partial charge in [0, 0.05) is 0 Å². The van der Waals surface area contributed by atoms with Crippen LogP contribution in [0.2, 0.25) is 0 Å². The lowest BCUT2D eigenvalue weighted by molar-refractivity contribution is -0.140. The normalized spacial score (nSPS) is 27.4. The number of ether oxygens (including phenoxy) is 2. The van der Waals surface area contributed by atoms with E-state index < -0.39 is 17.6 Å². The minimum Gasteiger partial charge on any atom is -0.494 e. The molecule has 0 spiro atoms. The number of esters is 1. The fourth-order valence-electron chi connectivity index (χ4n) is 5.21. The molecule has 0 N–H and O–H groups in total. The Morgan fingerprint density at radius 2 is 1.48 bits per heavy atom. The molecule has 0 aliphatic heterocycles. The maximum atomic E-state index is 14.1. The standard InChI is InChI=1S/C24H34F2O3/c1-3-4-5-16-6-8-17(9-7-16)18-10-12-19(13-11-18)24(27)29-21-15-14-20(28-2)22(25)23(21)26/h14-19H,3-13H2,1-2H3/t16-,17-,18-,19-. The molecule has 0 bridgehead atoms. The summed E-state index contributed by atoms with van der Waals surface area (Å²) in [5, 5.41) is 0. The van der Waals surface area contributed by atoms with Gasteiger partial charge in [0.15, 0.2) is 11.5 Å². The van der Waals surface area contributed by atoms with Crippen molar-refractivity contribution >= 4 is 5.97 Å². The van der Waals surface area contributed by atoms with E-state index in [1.165, 1.54) is 64.2 Å². The molecule has 0 radical (unpaired) electrons. The predicted octanol–water partition coefficient (Wildman–Crippen LogP) is 6.68. The predicted molar refractivity (Wildman–Crippen MR) is 109 cm³/mol. The van der Waals surface area contributed by atoms with Crippen molar-refractivity contribution < 1.29 is 23.0 Å². The van der Waals surface area contributed by atoms with E-state index in [0.29, 0.717) is 5.92 Å². The van der Waals surface area contributed by atoms with Gasteiger partial charge in [-0.2, -0.15) is 8.78 Å². The van der Waals surface area contributed by atoms with E-state index in [1.54, 1.807) is 0 Å². The van der Waals surface area contributed by atoms with Crippen LogP contribution in [0.3, 0.4) is 0 Å². The fourth-order valence-corrected chi connectivity index (χ4v) is 5.21. The van der Waals surface area contributed by atoms with E-state index in [-0.39, 0.29) is 17.4 Å². The first-order valence-electron chi connectivity index (χ1n) is 11.3. The summed E-state index contributed by atoms with van der Waals surface area (Å²) in [5.74, 6) is -1.14. The lowest BCUT2D eigenvalue weighted by Gasteiger charge is -2.37. The van der Waals surface area contributed by atoms with Gasteiger partial charge in [-0.1, -0.05) is 39.0 Å². The quantitative estimate of drug-likeness (QED) is 0.373. The van der Waals surface area contributed by atoms with Crippen LogP contribution in [0.15, 0.2) is 12.1 Å². The number of hydrogen-bond donors (Lipinski definition) is 0. The van der Waals surface area contributed by atoms with Gasteiger partial charge >= 0.3 is 5.97 Å². The van der Waals surface area contributed by atoms with Crippen molar-refractivity contribution in [2.75, 3.05) is 7.11 Å². The topological polar surface area (TPSA) is 35.5 Å². The van der Waals surface area contributed by atoms with Crippen molar-refractivity contribution in [3.63, 3.8) is 0 Å². The van der Waals surface area contributed by atoms with Gasteiger partial charge in [0.1, 0.15) is 0 Å². The van der Waals surface area contributed by atoms with Crippen LogP contribution in [0, 0.1) is 35.3 Å². The first-order valence-corrected chi connectivity index (χ1v) is 11.3. The number of carbonyl (C=O) groups excluding carboxylic acids is 1. The van der Waals surface area contributed by atoms with E-state index in [2.05, 4.69) is 6.92 Å². The summed E-state index contributed by atoms with van der Waals surface area (Å²) < 4.78 is 37.8. The lowest BCUT2D eigenvalue weighted by atomic mass is 9.68. The fraction of sp³-hybridized carbons (Fsp3) is 0.708. The average Bonchev–Trinajstić information content (AvgIpc) is 2.76. The SMILES string of the molecule is CCCC[C@H]1CC[C@H]([C@H]2CC[C@H](C(=O)Oc3ccc(OC)c(F)c3F)CC2)CC1. The number of rotatable bonds is 7. The van der Waals surface area contributed by atoms with E-state index in [1.807, 2.05) is 0 Å². The molecule has 5 heteroatoms. The van der Waals surface area contributed by atoms with Gasteiger partial charge < -0.3 is 9.47 Å². The minimum atomic E-state index is -1.17. The molecule has 0 heterocycles. The molecule has 1 aromatic carbocycles. The van der Waals surface area contributed by atoms with E-state index in [4.69, 9.17) is 9.47 Å². The Hall–Kier alpha value is -1.65. The van der Waals surface area contributed by atoms with Crippen LogP contribution in [0.1, 0.15) is 77.6 Å². The van der Waals surface area contributed by atoms with E-state index in [9.17, 15) is 13.6 Å². The second-order valence-electron chi connectivity index (χ2n) is 8.85. The monoisotopic (exact) mass is 408 g/mol. The van der Waals surface area contributed by atoms with Gasteiger partial charge in [-0.15, -0.1) is 0 Å². The summed E-state index contributed by atoms with van der Waals surface area (Å²) in [7, 11) is 1.26. The van der Waals surface area contributed by atoms with Gasteiger partial charge in [-0.3, -0.25) is 4.79 Å². The highest BCUT2D eigenvalue weighted by Gasteiger charge is 2.34.